The Morgan fingerprint density at radius 2 is 1.88 bits per heavy atom. The minimum atomic E-state index is -0.529. The van der Waals surface area contributed by atoms with E-state index in [4.69, 9.17) is 0 Å². The van der Waals surface area contributed by atoms with Crippen molar-refractivity contribution in [2.75, 3.05) is 5.32 Å². The van der Waals surface area contributed by atoms with Gasteiger partial charge in [0, 0.05) is 23.4 Å². The third-order valence-electron chi connectivity index (χ3n) is 5.16. The Kier molecular flexibility index (Phi) is 7.98. The molecule has 0 saturated carbocycles. The molecular weight excluding hydrogens is 412 g/mol. The molecule has 0 spiro atoms. The van der Waals surface area contributed by atoms with Crippen LogP contribution in [-0.4, -0.2) is 23.0 Å². The van der Waals surface area contributed by atoms with E-state index in [2.05, 4.69) is 38.1 Å². The lowest BCUT2D eigenvalue weighted by Gasteiger charge is -2.29. The minimum absolute atomic E-state index is 0.0692. The van der Waals surface area contributed by atoms with E-state index in [0.717, 1.165) is 29.4 Å². The van der Waals surface area contributed by atoms with Crippen LogP contribution in [0, 0.1) is 16.9 Å². The SMILES string of the molecule is CC(C)(C)C(N=C(NC#N)Nc1cccc2ncccc12)NC(=O)CCCc1ccccc1. The van der Waals surface area contributed by atoms with Crippen molar-refractivity contribution >= 4 is 28.5 Å². The van der Waals surface area contributed by atoms with Gasteiger partial charge < -0.3 is 10.6 Å². The molecule has 1 amide bonds. The number of rotatable bonds is 7. The largest absolute Gasteiger partial charge is 0.334 e. The van der Waals surface area contributed by atoms with Gasteiger partial charge in [-0.2, -0.15) is 5.26 Å². The Morgan fingerprint density at radius 1 is 1.09 bits per heavy atom. The van der Waals surface area contributed by atoms with E-state index >= 15 is 0 Å². The van der Waals surface area contributed by atoms with Gasteiger partial charge in [0.1, 0.15) is 6.17 Å². The summed E-state index contributed by atoms with van der Waals surface area (Å²) in [4.78, 5) is 21.7. The Balaban J connectivity index is 1.73. The van der Waals surface area contributed by atoms with Crippen LogP contribution < -0.4 is 16.0 Å². The molecule has 1 aromatic heterocycles. The van der Waals surface area contributed by atoms with Gasteiger partial charge in [0.2, 0.25) is 11.9 Å². The van der Waals surface area contributed by atoms with Gasteiger partial charge in [-0.15, -0.1) is 0 Å². The average Bonchev–Trinajstić information content (AvgIpc) is 2.79. The first kappa shape index (κ1) is 23.7. The molecule has 3 aromatic rings. The number of hydrogen-bond donors (Lipinski definition) is 3. The molecule has 2 aromatic carbocycles. The fourth-order valence-electron chi connectivity index (χ4n) is 3.38. The quantitative estimate of drug-likeness (QED) is 0.215. The molecule has 3 rings (SSSR count). The van der Waals surface area contributed by atoms with Crippen LogP contribution in [-0.2, 0) is 11.2 Å². The second kappa shape index (κ2) is 11.1. The molecule has 1 unspecified atom stereocenters. The predicted molar refractivity (Wildman–Crippen MR) is 132 cm³/mol. The number of benzene rings is 2. The Morgan fingerprint density at radius 3 is 2.61 bits per heavy atom. The zero-order chi connectivity index (χ0) is 23.7. The Labute approximate surface area is 195 Å². The summed E-state index contributed by atoms with van der Waals surface area (Å²) < 4.78 is 0. The molecule has 0 saturated heterocycles. The second-order valence-corrected chi connectivity index (χ2v) is 8.89. The molecule has 170 valence electrons. The summed E-state index contributed by atoms with van der Waals surface area (Å²) >= 11 is 0. The maximum Gasteiger partial charge on any atom is 0.221 e. The molecule has 1 atom stereocenters. The van der Waals surface area contributed by atoms with Gasteiger partial charge in [0.25, 0.3) is 0 Å². The van der Waals surface area contributed by atoms with Crippen molar-refractivity contribution in [3.63, 3.8) is 0 Å². The first-order valence-corrected chi connectivity index (χ1v) is 11.0. The minimum Gasteiger partial charge on any atom is -0.334 e. The van der Waals surface area contributed by atoms with Gasteiger partial charge in [0.05, 0.1) is 11.2 Å². The maximum absolute atomic E-state index is 12.7. The summed E-state index contributed by atoms with van der Waals surface area (Å²) in [6.07, 6.45) is 5.13. The molecule has 0 bridgehead atoms. The van der Waals surface area contributed by atoms with Gasteiger partial charge in [0.15, 0.2) is 6.19 Å². The van der Waals surface area contributed by atoms with Crippen LogP contribution in [0.3, 0.4) is 0 Å². The van der Waals surface area contributed by atoms with E-state index in [-0.39, 0.29) is 17.3 Å². The molecule has 0 aliphatic rings. The average molecular weight is 443 g/mol. The maximum atomic E-state index is 12.7. The smallest absolute Gasteiger partial charge is 0.221 e. The summed E-state index contributed by atoms with van der Waals surface area (Å²) in [5, 5.41) is 19.0. The van der Waals surface area contributed by atoms with E-state index in [1.54, 1.807) is 6.20 Å². The van der Waals surface area contributed by atoms with E-state index in [0.29, 0.717) is 6.42 Å². The van der Waals surface area contributed by atoms with Crippen LogP contribution in [0.1, 0.15) is 39.2 Å². The summed E-state index contributed by atoms with van der Waals surface area (Å²) in [7, 11) is 0. The monoisotopic (exact) mass is 442 g/mol. The highest BCUT2D eigenvalue weighted by atomic mass is 16.1. The molecule has 0 fully saturated rings. The number of nitrogens with one attached hydrogen (secondary N) is 3. The lowest BCUT2D eigenvalue weighted by molar-refractivity contribution is -0.122. The van der Waals surface area contributed by atoms with Crippen LogP contribution in [0.4, 0.5) is 5.69 Å². The fraction of sp³-hybridized carbons (Fsp3) is 0.308. The summed E-state index contributed by atoms with van der Waals surface area (Å²) in [5.41, 5.74) is 2.45. The van der Waals surface area contributed by atoms with Gasteiger partial charge >= 0.3 is 0 Å². The molecule has 1 heterocycles. The van der Waals surface area contributed by atoms with E-state index in [9.17, 15) is 10.1 Å². The predicted octanol–water partition coefficient (Wildman–Crippen LogP) is 4.58. The number of pyridine rings is 1. The highest BCUT2D eigenvalue weighted by molar-refractivity contribution is 6.02. The molecule has 7 heteroatoms. The molecular formula is C26H30N6O. The zero-order valence-electron chi connectivity index (χ0n) is 19.3. The van der Waals surface area contributed by atoms with Crippen LogP contribution in [0.25, 0.3) is 10.9 Å². The number of carbonyl (C=O) groups is 1. The number of aromatic nitrogens is 1. The lowest BCUT2D eigenvalue weighted by Crippen LogP contribution is -2.44. The third-order valence-corrected chi connectivity index (χ3v) is 5.16. The van der Waals surface area contributed by atoms with Gasteiger partial charge in [-0.25, -0.2) is 4.99 Å². The van der Waals surface area contributed by atoms with Crippen LogP contribution >= 0.6 is 0 Å². The second-order valence-electron chi connectivity index (χ2n) is 8.89. The Bertz CT molecular complexity index is 1140. The number of anilines is 1. The summed E-state index contributed by atoms with van der Waals surface area (Å²) in [6.45, 7) is 5.99. The lowest BCUT2D eigenvalue weighted by atomic mass is 9.92. The highest BCUT2D eigenvalue weighted by Gasteiger charge is 2.26. The number of carbonyl (C=O) groups excluding carboxylic acids is 1. The number of hydrogen-bond acceptors (Lipinski definition) is 4. The van der Waals surface area contributed by atoms with Crippen molar-refractivity contribution in [3.8, 4) is 6.19 Å². The van der Waals surface area contributed by atoms with Crippen molar-refractivity contribution in [1.82, 2.24) is 15.6 Å². The van der Waals surface area contributed by atoms with Gasteiger partial charge in [-0.3, -0.25) is 15.1 Å². The van der Waals surface area contributed by atoms with Gasteiger partial charge in [-0.1, -0.05) is 57.2 Å². The number of nitrogens with zero attached hydrogens (tertiary/aromatic N) is 3. The van der Waals surface area contributed by atoms with Crippen molar-refractivity contribution in [2.45, 2.75) is 46.2 Å². The number of aliphatic imine (C=N–C) groups is 1. The van der Waals surface area contributed by atoms with Crippen molar-refractivity contribution in [1.29, 1.82) is 5.26 Å². The Hall–Kier alpha value is -3.92. The van der Waals surface area contributed by atoms with Crippen LogP contribution in [0.2, 0.25) is 0 Å². The molecule has 0 radical (unpaired) electrons. The van der Waals surface area contributed by atoms with Crippen LogP contribution in [0.5, 0.6) is 0 Å². The van der Waals surface area contributed by atoms with Crippen molar-refractivity contribution in [3.05, 3.63) is 72.4 Å². The first-order valence-electron chi connectivity index (χ1n) is 11.0. The number of guanidine groups is 1. The van der Waals surface area contributed by atoms with Gasteiger partial charge in [-0.05, 0) is 42.7 Å². The standard InChI is InChI=1S/C26H30N6O/c1-26(2,3)24(31-23(33)16-7-12-19-10-5-4-6-11-19)32-25(29-18-27)30-22-15-8-14-21-20(22)13-9-17-28-21/h4-6,8-11,13-15,17,24H,7,12,16H2,1-3H3,(H,31,33)(H2,29,30,32). The number of aryl methyl sites for hydroxylation is 1. The van der Waals surface area contributed by atoms with Crippen molar-refractivity contribution < 1.29 is 4.79 Å². The topological polar surface area (TPSA) is 102 Å². The summed E-state index contributed by atoms with van der Waals surface area (Å²) in [5.74, 6) is 0.193. The van der Waals surface area contributed by atoms with Crippen molar-refractivity contribution in [2.24, 2.45) is 10.4 Å². The molecule has 33 heavy (non-hydrogen) atoms. The number of fused-ring (bicyclic) bond motifs is 1. The molecule has 0 aliphatic carbocycles. The number of amides is 1. The van der Waals surface area contributed by atoms with E-state index < -0.39 is 6.17 Å². The fourth-order valence-corrected chi connectivity index (χ4v) is 3.38. The van der Waals surface area contributed by atoms with Crippen LogP contribution in [0.15, 0.2) is 71.9 Å². The summed E-state index contributed by atoms with van der Waals surface area (Å²) in [6, 6.07) is 19.6. The number of nitriles is 1. The van der Waals surface area contributed by atoms with E-state index in [1.165, 1.54) is 5.56 Å². The third kappa shape index (κ3) is 7.04. The first-order chi connectivity index (χ1) is 15.9. The molecule has 3 N–H and O–H groups in total. The molecule has 7 nitrogen and oxygen atoms in total. The molecule has 0 aliphatic heterocycles. The normalized spacial score (nSPS) is 12.6. The highest BCUT2D eigenvalue weighted by Crippen LogP contribution is 2.23. The zero-order valence-corrected chi connectivity index (χ0v) is 19.3. The van der Waals surface area contributed by atoms with E-state index in [1.807, 2.05) is 75.5 Å².